The number of methoxy groups -OCH3 is 1. The molecule has 0 aliphatic rings. The predicted molar refractivity (Wildman–Crippen MR) is 144 cm³/mol. The maximum absolute atomic E-state index is 13.0. The van der Waals surface area contributed by atoms with E-state index in [1.54, 1.807) is 24.3 Å². The highest BCUT2D eigenvalue weighted by Gasteiger charge is 2.15. The first kappa shape index (κ1) is 26.1. The Balaban J connectivity index is 1.57. The average molecular weight is 591 g/mol. The van der Waals surface area contributed by atoms with E-state index in [4.69, 9.17) is 9.47 Å². The summed E-state index contributed by atoms with van der Waals surface area (Å²) in [4.78, 5) is 18.0. The molecule has 0 atom stereocenters. The molecule has 0 saturated carbocycles. The van der Waals surface area contributed by atoms with E-state index >= 15 is 0 Å². The number of nitrogens with one attached hydrogen (secondary N) is 1. The van der Waals surface area contributed by atoms with Gasteiger partial charge in [0.15, 0.2) is 4.80 Å². The van der Waals surface area contributed by atoms with Crippen LogP contribution in [0.25, 0.3) is 10.2 Å². The Morgan fingerprint density at radius 3 is 2.47 bits per heavy atom. The maximum atomic E-state index is 13.0. The van der Waals surface area contributed by atoms with Crippen molar-refractivity contribution in [3.05, 3.63) is 81.6 Å². The predicted octanol–water partition coefficient (Wildman–Crippen LogP) is 5.05. The Morgan fingerprint density at radius 2 is 1.81 bits per heavy atom. The number of carbonyl (C=O) groups excluding carboxylic acids is 1. The van der Waals surface area contributed by atoms with Crippen molar-refractivity contribution in [3.63, 3.8) is 0 Å². The van der Waals surface area contributed by atoms with Gasteiger partial charge < -0.3 is 14.0 Å². The first-order valence-electron chi connectivity index (χ1n) is 11.0. The van der Waals surface area contributed by atoms with Crippen LogP contribution in [-0.4, -0.2) is 39.2 Å². The van der Waals surface area contributed by atoms with Gasteiger partial charge in [0.25, 0.3) is 15.9 Å². The lowest BCUT2D eigenvalue weighted by molar-refractivity contribution is 0.0996. The van der Waals surface area contributed by atoms with Gasteiger partial charge >= 0.3 is 0 Å². The molecule has 0 radical (unpaired) electrons. The lowest BCUT2D eigenvalue weighted by Gasteiger charge is -2.09. The minimum absolute atomic E-state index is 0.103. The summed E-state index contributed by atoms with van der Waals surface area (Å²) in [6.45, 7) is 3.60. The molecule has 0 spiro atoms. The van der Waals surface area contributed by atoms with Gasteiger partial charge in [0.2, 0.25) is 0 Å². The largest absolute Gasteiger partial charge is 0.497 e. The average Bonchev–Trinajstić information content (AvgIpc) is 3.20. The fraction of sp³-hybridized carbons (Fsp3) is 0.200. The van der Waals surface area contributed by atoms with Gasteiger partial charge in [-0.25, -0.2) is 8.42 Å². The number of hydrogen-bond donors (Lipinski definition) is 1. The highest BCUT2D eigenvalue weighted by Crippen LogP contribution is 2.23. The molecular weight excluding hydrogens is 566 g/mol. The zero-order chi connectivity index (χ0) is 25.7. The van der Waals surface area contributed by atoms with E-state index in [0.717, 1.165) is 14.7 Å². The third-order valence-electron chi connectivity index (χ3n) is 5.26. The first-order chi connectivity index (χ1) is 17.3. The summed E-state index contributed by atoms with van der Waals surface area (Å²) in [6.07, 6.45) is 0. The summed E-state index contributed by atoms with van der Waals surface area (Å²) in [6, 6.07) is 18.2. The van der Waals surface area contributed by atoms with Crippen molar-refractivity contribution in [2.75, 3.05) is 25.0 Å². The molecule has 8 nitrogen and oxygen atoms in total. The lowest BCUT2D eigenvalue weighted by atomic mass is 10.2. The zero-order valence-corrected chi connectivity index (χ0v) is 22.8. The topological polar surface area (TPSA) is 99.0 Å². The second kappa shape index (κ2) is 11.4. The van der Waals surface area contributed by atoms with Gasteiger partial charge in [-0.1, -0.05) is 27.3 Å². The summed E-state index contributed by atoms with van der Waals surface area (Å²) in [7, 11) is -2.28. The third-order valence-corrected chi connectivity index (χ3v) is 8.19. The quantitative estimate of drug-likeness (QED) is 0.275. The van der Waals surface area contributed by atoms with Gasteiger partial charge in [-0.3, -0.25) is 9.52 Å². The Morgan fingerprint density at radius 1 is 1.08 bits per heavy atom. The minimum atomic E-state index is -3.79. The monoisotopic (exact) mass is 589 g/mol. The molecule has 0 unspecified atom stereocenters. The summed E-state index contributed by atoms with van der Waals surface area (Å²) in [5, 5.41) is 0. The molecule has 1 aromatic heterocycles. The van der Waals surface area contributed by atoms with Crippen LogP contribution in [0.1, 0.15) is 17.3 Å². The number of nitrogens with zero attached hydrogens (tertiary/aromatic N) is 2. The van der Waals surface area contributed by atoms with E-state index in [9.17, 15) is 13.2 Å². The third kappa shape index (κ3) is 6.04. The number of rotatable bonds is 9. The molecule has 0 aliphatic heterocycles. The number of halogens is 1. The lowest BCUT2D eigenvalue weighted by Crippen LogP contribution is -2.19. The molecule has 3 aromatic carbocycles. The van der Waals surface area contributed by atoms with E-state index < -0.39 is 15.9 Å². The molecule has 36 heavy (non-hydrogen) atoms. The molecular formula is C25H24BrN3O5S2. The number of anilines is 1. The van der Waals surface area contributed by atoms with Crippen LogP contribution >= 0.6 is 27.3 Å². The Bertz CT molecular complexity index is 1540. The SMILES string of the molecule is CCOCCn1c(=NC(=O)c2ccc(NS(=O)(=O)c3ccc(OC)cc3)cc2)sc2cc(Br)ccc21. The summed E-state index contributed by atoms with van der Waals surface area (Å²) in [5.41, 5.74) is 1.65. The van der Waals surface area contributed by atoms with Gasteiger partial charge in [0.05, 0.1) is 28.8 Å². The number of aromatic nitrogens is 1. The van der Waals surface area contributed by atoms with Crippen LogP contribution in [0.4, 0.5) is 5.69 Å². The van der Waals surface area contributed by atoms with Crippen LogP contribution in [0, 0.1) is 0 Å². The number of amides is 1. The highest BCUT2D eigenvalue weighted by molar-refractivity contribution is 9.10. The van der Waals surface area contributed by atoms with Crippen molar-refractivity contribution >= 4 is 59.1 Å². The van der Waals surface area contributed by atoms with E-state index in [0.29, 0.717) is 41.6 Å². The smallest absolute Gasteiger partial charge is 0.279 e. The Kier molecular flexibility index (Phi) is 8.24. The maximum Gasteiger partial charge on any atom is 0.279 e. The second-order valence-electron chi connectivity index (χ2n) is 7.62. The van der Waals surface area contributed by atoms with Crippen LogP contribution in [0.15, 0.2) is 81.1 Å². The number of fused-ring (bicyclic) bond motifs is 1. The van der Waals surface area contributed by atoms with Crippen LogP contribution in [0.2, 0.25) is 0 Å². The molecule has 0 fully saturated rings. The first-order valence-corrected chi connectivity index (χ1v) is 14.1. The number of carbonyl (C=O) groups is 1. The van der Waals surface area contributed by atoms with Gasteiger partial charge in [-0.15, -0.1) is 0 Å². The van der Waals surface area contributed by atoms with E-state index in [-0.39, 0.29) is 4.90 Å². The molecule has 4 aromatic rings. The molecule has 0 aliphatic carbocycles. The fourth-order valence-corrected chi connectivity index (χ4v) is 6.11. The molecule has 0 bridgehead atoms. The second-order valence-corrected chi connectivity index (χ2v) is 11.2. The van der Waals surface area contributed by atoms with Crippen molar-refractivity contribution in [2.45, 2.75) is 18.4 Å². The zero-order valence-electron chi connectivity index (χ0n) is 19.6. The number of ether oxygens (including phenoxy) is 2. The number of hydrogen-bond acceptors (Lipinski definition) is 6. The summed E-state index contributed by atoms with van der Waals surface area (Å²) in [5.74, 6) is 0.140. The van der Waals surface area contributed by atoms with Crippen molar-refractivity contribution in [2.24, 2.45) is 4.99 Å². The van der Waals surface area contributed by atoms with Crippen molar-refractivity contribution in [1.29, 1.82) is 0 Å². The highest BCUT2D eigenvalue weighted by atomic mass is 79.9. The minimum Gasteiger partial charge on any atom is -0.497 e. The van der Waals surface area contributed by atoms with Gasteiger partial charge in [-0.05, 0) is 73.7 Å². The number of thiazole rings is 1. The molecule has 1 N–H and O–H groups in total. The summed E-state index contributed by atoms with van der Waals surface area (Å²) < 4.78 is 42.3. The van der Waals surface area contributed by atoms with Crippen molar-refractivity contribution < 1.29 is 22.7 Å². The fourth-order valence-electron chi connectivity index (χ4n) is 3.45. The number of benzene rings is 3. The molecule has 0 saturated heterocycles. The van der Waals surface area contributed by atoms with Crippen molar-refractivity contribution in [1.82, 2.24) is 4.57 Å². The molecule has 11 heteroatoms. The normalized spacial score (nSPS) is 12.1. The van der Waals surface area contributed by atoms with Crippen LogP contribution in [0.5, 0.6) is 5.75 Å². The molecule has 188 valence electrons. The van der Waals surface area contributed by atoms with Gasteiger partial charge in [0.1, 0.15) is 5.75 Å². The Hall–Kier alpha value is -2.99. The van der Waals surface area contributed by atoms with Crippen LogP contribution < -0.4 is 14.3 Å². The van der Waals surface area contributed by atoms with E-state index in [2.05, 4.69) is 25.6 Å². The summed E-state index contributed by atoms with van der Waals surface area (Å²) >= 11 is 4.91. The van der Waals surface area contributed by atoms with E-state index in [1.807, 2.05) is 29.7 Å². The molecule has 1 heterocycles. The standard InChI is InChI=1S/C25H24BrN3O5S2/c1-3-34-15-14-29-22-13-6-18(26)16-23(22)35-25(29)27-24(30)17-4-7-19(8-5-17)28-36(31,32)21-11-9-20(33-2)10-12-21/h4-13,16,28H,3,14-15H2,1-2H3. The number of sulfonamides is 1. The van der Waals surface area contributed by atoms with Gasteiger partial charge in [-0.2, -0.15) is 4.99 Å². The molecule has 1 amide bonds. The van der Waals surface area contributed by atoms with Crippen molar-refractivity contribution in [3.8, 4) is 5.75 Å². The van der Waals surface area contributed by atoms with Crippen LogP contribution in [0.3, 0.4) is 0 Å². The van der Waals surface area contributed by atoms with E-state index in [1.165, 1.54) is 42.7 Å². The van der Waals surface area contributed by atoms with Crippen LogP contribution in [-0.2, 0) is 21.3 Å². The molecule has 4 rings (SSSR count). The van der Waals surface area contributed by atoms with Gasteiger partial charge in [0, 0.05) is 28.9 Å². The Labute approximate surface area is 221 Å².